The molecular formula is C27H36N2O3. The minimum atomic E-state index is -0.0984. The quantitative estimate of drug-likeness (QED) is 0.559. The van der Waals surface area contributed by atoms with Crippen LogP contribution in [0.4, 0.5) is 0 Å². The molecule has 172 valence electrons. The van der Waals surface area contributed by atoms with Gasteiger partial charge in [0, 0.05) is 25.0 Å². The summed E-state index contributed by atoms with van der Waals surface area (Å²) in [6.45, 7) is 4.18. The third kappa shape index (κ3) is 2.96. The molecule has 6 rings (SSSR count). The predicted molar refractivity (Wildman–Crippen MR) is 121 cm³/mol. The number of carbonyl (C=O) groups excluding carboxylic acids is 2. The van der Waals surface area contributed by atoms with Crippen LogP contribution >= 0.6 is 0 Å². The zero-order valence-electron chi connectivity index (χ0n) is 19.4. The second-order valence-electron chi connectivity index (χ2n) is 11.7. The average Bonchev–Trinajstić information content (AvgIpc) is 3.36. The van der Waals surface area contributed by atoms with Gasteiger partial charge in [0.2, 0.25) is 0 Å². The smallest absolute Gasteiger partial charge is 0.179 e. The highest BCUT2D eigenvalue weighted by molar-refractivity contribution is 5.92. The van der Waals surface area contributed by atoms with E-state index in [-0.39, 0.29) is 35.5 Å². The van der Waals surface area contributed by atoms with Gasteiger partial charge in [-0.1, -0.05) is 18.6 Å². The molecule has 0 saturated heterocycles. The highest BCUT2D eigenvalue weighted by Crippen LogP contribution is 2.65. The van der Waals surface area contributed by atoms with E-state index in [0.29, 0.717) is 29.4 Å². The standard InChI is InChI=1S/C27H36N2O3/c1-15(30)23-10-12-29(28-23)14-25(32)22-8-7-21-19-5-6-20-17(18(19)9-11-27(21,22)2)4-3-16-13-24(31)26(16)20/h6,10,12,16-19,21-22,24,26,31H,3-5,7-9,11,13-14H2,1-2H3/t16-,17-,18-,19-,21+,22-,24?,26?,27+/m1/s1. The number of aromatic nitrogens is 2. The van der Waals surface area contributed by atoms with E-state index < -0.39 is 0 Å². The molecule has 0 spiro atoms. The van der Waals surface area contributed by atoms with Crippen LogP contribution < -0.4 is 0 Å². The van der Waals surface area contributed by atoms with E-state index >= 15 is 0 Å². The molecular weight excluding hydrogens is 400 g/mol. The Morgan fingerprint density at radius 3 is 2.78 bits per heavy atom. The van der Waals surface area contributed by atoms with E-state index in [1.165, 1.54) is 26.2 Å². The largest absolute Gasteiger partial charge is 0.392 e. The van der Waals surface area contributed by atoms with Crippen LogP contribution in [0.1, 0.15) is 75.7 Å². The normalized spacial score (nSPS) is 44.4. The summed E-state index contributed by atoms with van der Waals surface area (Å²) in [4.78, 5) is 24.9. The van der Waals surface area contributed by atoms with E-state index in [9.17, 15) is 14.7 Å². The number of aliphatic hydroxyl groups is 1. The molecule has 1 aromatic rings. The summed E-state index contributed by atoms with van der Waals surface area (Å²) in [6, 6.07) is 1.71. The molecule has 0 bridgehead atoms. The molecule has 1 N–H and O–H groups in total. The van der Waals surface area contributed by atoms with Crippen molar-refractivity contribution in [3.8, 4) is 0 Å². The van der Waals surface area contributed by atoms with Crippen LogP contribution in [-0.2, 0) is 11.3 Å². The molecule has 9 atom stereocenters. The van der Waals surface area contributed by atoms with Crippen LogP contribution in [0.5, 0.6) is 0 Å². The highest BCUT2D eigenvalue weighted by Gasteiger charge is 2.59. The summed E-state index contributed by atoms with van der Waals surface area (Å²) >= 11 is 0. The molecule has 0 amide bonds. The first kappa shape index (κ1) is 20.8. The molecule has 1 heterocycles. The zero-order valence-corrected chi connectivity index (χ0v) is 19.4. The monoisotopic (exact) mass is 436 g/mol. The van der Waals surface area contributed by atoms with Crippen molar-refractivity contribution in [3.63, 3.8) is 0 Å². The lowest BCUT2D eigenvalue weighted by Gasteiger charge is -2.57. The van der Waals surface area contributed by atoms with Crippen molar-refractivity contribution >= 4 is 11.6 Å². The molecule has 4 fully saturated rings. The first-order chi connectivity index (χ1) is 15.4. The van der Waals surface area contributed by atoms with Gasteiger partial charge in [-0.3, -0.25) is 14.3 Å². The maximum Gasteiger partial charge on any atom is 0.179 e. The Bertz CT molecular complexity index is 979. The van der Waals surface area contributed by atoms with E-state index in [1.54, 1.807) is 22.5 Å². The third-order valence-corrected chi connectivity index (χ3v) is 10.5. The van der Waals surface area contributed by atoms with E-state index in [0.717, 1.165) is 43.9 Å². The van der Waals surface area contributed by atoms with Crippen LogP contribution in [0.25, 0.3) is 0 Å². The molecule has 0 radical (unpaired) electrons. The molecule has 32 heavy (non-hydrogen) atoms. The topological polar surface area (TPSA) is 72.2 Å². The molecule has 5 aliphatic carbocycles. The van der Waals surface area contributed by atoms with E-state index in [1.807, 2.05) is 0 Å². The number of Topliss-reactive ketones (excluding diaryl/α,β-unsaturated/α-hetero) is 2. The Labute approximate surface area is 190 Å². The Balaban J connectivity index is 1.20. The Morgan fingerprint density at radius 2 is 2.03 bits per heavy atom. The summed E-state index contributed by atoms with van der Waals surface area (Å²) in [6.07, 6.45) is 13.5. The predicted octanol–water partition coefficient (Wildman–Crippen LogP) is 4.45. The van der Waals surface area contributed by atoms with Gasteiger partial charge in [-0.25, -0.2) is 0 Å². The fraction of sp³-hybridized carbons (Fsp3) is 0.741. The molecule has 5 aliphatic rings. The minimum absolute atomic E-state index is 0.0596. The van der Waals surface area contributed by atoms with Gasteiger partial charge in [0.15, 0.2) is 11.6 Å². The summed E-state index contributed by atoms with van der Waals surface area (Å²) in [5.74, 6) is 4.27. The molecule has 0 aliphatic heterocycles. The maximum atomic E-state index is 13.4. The lowest BCUT2D eigenvalue weighted by Crippen LogP contribution is -2.52. The molecule has 0 aromatic carbocycles. The highest BCUT2D eigenvalue weighted by atomic mass is 16.3. The van der Waals surface area contributed by atoms with Gasteiger partial charge in [-0.05, 0) is 92.4 Å². The van der Waals surface area contributed by atoms with Crippen LogP contribution in [0, 0.1) is 46.8 Å². The number of carbonyl (C=O) groups is 2. The van der Waals surface area contributed by atoms with Crippen molar-refractivity contribution in [2.24, 2.45) is 46.8 Å². The zero-order chi connectivity index (χ0) is 22.2. The number of rotatable bonds is 4. The van der Waals surface area contributed by atoms with Crippen molar-refractivity contribution in [2.75, 3.05) is 0 Å². The average molecular weight is 437 g/mol. The van der Waals surface area contributed by atoms with Gasteiger partial charge in [-0.2, -0.15) is 5.10 Å². The number of hydrogen-bond donors (Lipinski definition) is 1. The molecule has 5 nitrogen and oxygen atoms in total. The number of ketones is 2. The van der Waals surface area contributed by atoms with Crippen molar-refractivity contribution in [2.45, 2.75) is 77.9 Å². The first-order valence-electron chi connectivity index (χ1n) is 12.8. The van der Waals surface area contributed by atoms with Crippen LogP contribution in [0.3, 0.4) is 0 Å². The lowest BCUT2D eigenvalue weighted by molar-refractivity contribution is -0.130. The summed E-state index contributed by atoms with van der Waals surface area (Å²) in [5.41, 5.74) is 2.13. The van der Waals surface area contributed by atoms with E-state index in [2.05, 4.69) is 18.1 Å². The van der Waals surface area contributed by atoms with Gasteiger partial charge < -0.3 is 5.11 Å². The van der Waals surface area contributed by atoms with Gasteiger partial charge in [0.25, 0.3) is 0 Å². The van der Waals surface area contributed by atoms with Crippen LogP contribution in [-0.4, -0.2) is 32.6 Å². The van der Waals surface area contributed by atoms with E-state index in [4.69, 9.17) is 0 Å². The van der Waals surface area contributed by atoms with Crippen molar-refractivity contribution in [3.05, 3.63) is 29.6 Å². The lowest BCUT2D eigenvalue weighted by atomic mass is 9.48. The molecule has 5 heteroatoms. The third-order valence-electron chi connectivity index (χ3n) is 10.5. The molecule has 1 aromatic heterocycles. The SMILES string of the molecule is CC(=O)c1ccn(CC(=O)[C@H]2CC[C@H]3[C@@H]4CC=C5C6C(O)C[C@H]6CC[C@@H]5[C@H]4CC[C@]23C)n1. The number of aliphatic hydroxyl groups excluding tert-OH is 1. The number of allylic oxidation sites excluding steroid dienone is 1. The molecule has 4 saturated carbocycles. The summed E-state index contributed by atoms with van der Waals surface area (Å²) in [7, 11) is 0. The van der Waals surface area contributed by atoms with Crippen molar-refractivity contribution in [1.29, 1.82) is 0 Å². The van der Waals surface area contributed by atoms with Gasteiger partial charge in [0.1, 0.15) is 5.69 Å². The number of hydrogen-bond acceptors (Lipinski definition) is 4. The first-order valence-corrected chi connectivity index (χ1v) is 12.8. The fourth-order valence-corrected chi connectivity index (χ4v) is 8.93. The van der Waals surface area contributed by atoms with Gasteiger partial charge in [-0.15, -0.1) is 0 Å². The Morgan fingerprint density at radius 1 is 1.19 bits per heavy atom. The summed E-state index contributed by atoms with van der Waals surface area (Å²) < 4.78 is 1.65. The number of fused-ring (bicyclic) bond motifs is 7. The molecule has 2 unspecified atom stereocenters. The van der Waals surface area contributed by atoms with Crippen molar-refractivity contribution in [1.82, 2.24) is 9.78 Å². The Hall–Kier alpha value is -1.75. The second-order valence-corrected chi connectivity index (χ2v) is 11.7. The van der Waals surface area contributed by atoms with Crippen molar-refractivity contribution < 1.29 is 14.7 Å². The minimum Gasteiger partial charge on any atom is -0.392 e. The maximum absolute atomic E-state index is 13.4. The fourth-order valence-electron chi connectivity index (χ4n) is 8.93. The van der Waals surface area contributed by atoms with Crippen LogP contribution in [0.15, 0.2) is 23.9 Å². The van der Waals surface area contributed by atoms with Gasteiger partial charge in [0.05, 0.1) is 12.6 Å². The number of nitrogens with zero attached hydrogens (tertiary/aromatic N) is 2. The second kappa shape index (κ2) is 7.38. The van der Waals surface area contributed by atoms with Crippen LogP contribution in [0.2, 0.25) is 0 Å². The summed E-state index contributed by atoms with van der Waals surface area (Å²) in [5, 5.41) is 14.7. The Kier molecular flexibility index (Phi) is 4.80. The van der Waals surface area contributed by atoms with Gasteiger partial charge >= 0.3 is 0 Å².